The van der Waals surface area contributed by atoms with Gasteiger partial charge in [0.2, 0.25) is 0 Å². The maximum Gasteiger partial charge on any atom is 0.337 e. The van der Waals surface area contributed by atoms with E-state index in [0.29, 0.717) is 22.6 Å². The first kappa shape index (κ1) is 24.5. The zero-order valence-electron chi connectivity index (χ0n) is 20.4. The molecule has 8 heteroatoms. The lowest BCUT2D eigenvalue weighted by Crippen LogP contribution is -2.29. The minimum Gasteiger partial charge on any atom is -0.507 e. The van der Waals surface area contributed by atoms with E-state index >= 15 is 0 Å². The van der Waals surface area contributed by atoms with Crippen LogP contribution in [0, 0.1) is 0 Å². The third-order valence-corrected chi connectivity index (χ3v) is 6.06. The first-order valence-corrected chi connectivity index (χ1v) is 11.2. The van der Waals surface area contributed by atoms with Gasteiger partial charge in [0, 0.05) is 31.0 Å². The van der Waals surface area contributed by atoms with Gasteiger partial charge in [-0.2, -0.15) is 0 Å². The summed E-state index contributed by atoms with van der Waals surface area (Å²) in [6.07, 6.45) is 0. The zero-order valence-corrected chi connectivity index (χ0v) is 20.4. The molecule has 1 aliphatic heterocycles. The summed E-state index contributed by atoms with van der Waals surface area (Å²) in [6.45, 7) is 0. The quantitative estimate of drug-likeness (QED) is 0.242. The number of ether oxygens (including phenoxy) is 2. The van der Waals surface area contributed by atoms with Gasteiger partial charge in [0.05, 0.1) is 31.4 Å². The molecule has 1 atom stereocenters. The average molecular weight is 487 g/mol. The fourth-order valence-electron chi connectivity index (χ4n) is 4.20. The Labute approximate surface area is 209 Å². The zero-order chi connectivity index (χ0) is 26.0. The van der Waals surface area contributed by atoms with E-state index in [1.54, 1.807) is 42.5 Å². The summed E-state index contributed by atoms with van der Waals surface area (Å²) in [5.41, 5.74) is 2.38. The molecule has 0 bridgehead atoms. The molecule has 4 rings (SSSR count). The third kappa shape index (κ3) is 4.40. The van der Waals surface area contributed by atoms with Crippen molar-refractivity contribution >= 4 is 34.8 Å². The number of benzene rings is 3. The summed E-state index contributed by atoms with van der Waals surface area (Å²) in [5.74, 6) is -2.05. The van der Waals surface area contributed by atoms with Gasteiger partial charge in [0.1, 0.15) is 11.5 Å². The van der Waals surface area contributed by atoms with Crippen molar-refractivity contribution in [3.8, 4) is 5.75 Å². The highest BCUT2D eigenvalue weighted by Gasteiger charge is 2.47. The molecule has 0 aromatic heterocycles. The number of Topliss-reactive ketones (excluding diaryl/α,β-unsaturated/α-hetero) is 1. The van der Waals surface area contributed by atoms with E-state index in [1.165, 1.54) is 25.2 Å². The highest BCUT2D eigenvalue weighted by Crippen LogP contribution is 2.43. The van der Waals surface area contributed by atoms with Crippen LogP contribution in [0.25, 0.3) is 5.76 Å². The summed E-state index contributed by atoms with van der Waals surface area (Å²) >= 11 is 0. The number of rotatable bonds is 6. The molecule has 3 aromatic rings. The summed E-state index contributed by atoms with van der Waals surface area (Å²) in [5, 5.41) is 11.3. The van der Waals surface area contributed by atoms with Crippen LogP contribution in [-0.2, 0) is 14.3 Å². The third-order valence-electron chi connectivity index (χ3n) is 6.06. The molecule has 8 nitrogen and oxygen atoms in total. The minimum absolute atomic E-state index is 0.0608. The lowest BCUT2D eigenvalue weighted by Gasteiger charge is -2.26. The Morgan fingerprint density at radius 2 is 1.58 bits per heavy atom. The molecule has 184 valence electrons. The van der Waals surface area contributed by atoms with Crippen molar-refractivity contribution in [1.29, 1.82) is 0 Å². The molecule has 36 heavy (non-hydrogen) atoms. The predicted octanol–water partition coefficient (Wildman–Crippen LogP) is 4.17. The first-order valence-electron chi connectivity index (χ1n) is 11.2. The van der Waals surface area contributed by atoms with E-state index in [9.17, 15) is 19.5 Å². The second kappa shape index (κ2) is 9.95. The van der Waals surface area contributed by atoms with Crippen molar-refractivity contribution in [2.24, 2.45) is 0 Å². The Bertz CT molecular complexity index is 1360. The minimum atomic E-state index is -0.930. The van der Waals surface area contributed by atoms with E-state index in [1.807, 2.05) is 43.3 Å². The molecule has 0 radical (unpaired) electrons. The molecular weight excluding hydrogens is 460 g/mol. The van der Waals surface area contributed by atoms with Crippen LogP contribution in [0.15, 0.2) is 78.4 Å². The monoisotopic (exact) mass is 486 g/mol. The topological polar surface area (TPSA) is 96.4 Å². The maximum absolute atomic E-state index is 13.4. The molecule has 1 saturated heterocycles. The van der Waals surface area contributed by atoms with Crippen LogP contribution in [-0.4, -0.2) is 51.1 Å². The number of anilines is 2. The number of aliphatic hydroxyl groups excluding tert-OH is 1. The molecule has 1 amide bonds. The van der Waals surface area contributed by atoms with Crippen LogP contribution in [0.3, 0.4) is 0 Å². The smallest absolute Gasteiger partial charge is 0.337 e. The second-order valence-corrected chi connectivity index (χ2v) is 8.43. The molecule has 1 heterocycles. The van der Waals surface area contributed by atoms with Crippen LogP contribution in [0.4, 0.5) is 11.4 Å². The largest absolute Gasteiger partial charge is 0.507 e. The Kier molecular flexibility index (Phi) is 6.78. The average Bonchev–Trinajstić information content (AvgIpc) is 3.17. The lowest BCUT2D eigenvalue weighted by molar-refractivity contribution is -0.132. The summed E-state index contributed by atoms with van der Waals surface area (Å²) in [4.78, 5) is 42.1. The van der Waals surface area contributed by atoms with Gasteiger partial charge in [-0.1, -0.05) is 30.3 Å². The second-order valence-electron chi connectivity index (χ2n) is 8.43. The molecule has 0 spiro atoms. The SMILES string of the molecule is COC(=O)c1cccc(N2C(=O)C(=O)/C(=C(/O)c3cccc(OC)c3)C2c2ccc(N(C)C)cc2)c1. The van der Waals surface area contributed by atoms with Crippen molar-refractivity contribution in [1.82, 2.24) is 0 Å². The number of esters is 1. The Morgan fingerprint density at radius 3 is 2.22 bits per heavy atom. The number of carbonyl (C=O) groups is 3. The van der Waals surface area contributed by atoms with Gasteiger partial charge in [0.25, 0.3) is 11.7 Å². The molecule has 0 saturated carbocycles. The number of ketones is 1. The number of amides is 1. The molecule has 1 fully saturated rings. The number of carbonyl (C=O) groups excluding carboxylic acids is 3. The molecule has 3 aromatic carbocycles. The van der Waals surface area contributed by atoms with Gasteiger partial charge in [0.15, 0.2) is 0 Å². The number of hydrogen-bond donors (Lipinski definition) is 1. The van der Waals surface area contributed by atoms with Gasteiger partial charge in [-0.15, -0.1) is 0 Å². The Balaban J connectivity index is 1.93. The van der Waals surface area contributed by atoms with Gasteiger partial charge < -0.3 is 19.5 Å². The molecule has 1 unspecified atom stereocenters. The van der Waals surface area contributed by atoms with Crippen molar-refractivity contribution in [2.45, 2.75) is 6.04 Å². The van der Waals surface area contributed by atoms with E-state index in [2.05, 4.69) is 0 Å². The molecule has 1 aliphatic rings. The van der Waals surface area contributed by atoms with Crippen molar-refractivity contribution < 1.29 is 29.0 Å². The van der Waals surface area contributed by atoms with Crippen LogP contribution >= 0.6 is 0 Å². The van der Waals surface area contributed by atoms with E-state index < -0.39 is 23.7 Å². The number of methoxy groups -OCH3 is 2. The lowest BCUT2D eigenvalue weighted by atomic mass is 9.94. The summed E-state index contributed by atoms with van der Waals surface area (Å²) < 4.78 is 10.1. The Hall–Kier alpha value is -4.59. The molecule has 0 aliphatic carbocycles. The summed E-state index contributed by atoms with van der Waals surface area (Å²) in [6, 6.07) is 19.3. The van der Waals surface area contributed by atoms with Crippen molar-refractivity contribution in [3.63, 3.8) is 0 Å². The standard InChI is InChI=1S/C28H26N2O6/c1-29(2)20-13-11-17(12-14-20)24-23(25(31)18-7-6-10-22(16-18)35-3)26(32)27(33)30(24)21-9-5-8-19(15-21)28(34)36-4/h5-16,24,31H,1-4H3/b25-23+. The van der Waals surface area contributed by atoms with E-state index in [-0.39, 0.29) is 16.9 Å². The Morgan fingerprint density at radius 1 is 0.917 bits per heavy atom. The number of hydrogen-bond acceptors (Lipinski definition) is 7. The fourth-order valence-corrected chi connectivity index (χ4v) is 4.20. The van der Waals surface area contributed by atoms with Crippen LogP contribution < -0.4 is 14.5 Å². The predicted molar refractivity (Wildman–Crippen MR) is 136 cm³/mol. The van der Waals surface area contributed by atoms with Gasteiger partial charge in [-0.3, -0.25) is 14.5 Å². The molecule has 1 N–H and O–H groups in total. The van der Waals surface area contributed by atoms with Crippen molar-refractivity contribution in [3.05, 3.63) is 95.1 Å². The van der Waals surface area contributed by atoms with Crippen LogP contribution in [0.2, 0.25) is 0 Å². The maximum atomic E-state index is 13.4. The van der Waals surface area contributed by atoms with Gasteiger partial charge in [-0.05, 0) is 48.0 Å². The number of nitrogens with zero attached hydrogens (tertiary/aromatic N) is 2. The van der Waals surface area contributed by atoms with Gasteiger partial charge >= 0.3 is 5.97 Å². The van der Waals surface area contributed by atoms with Crippen LogP contribution in [0.5, 0.6) is 5.75 Å². The van der Waals surface area contributed by atoms with Crippen molar-refractivity contribution in [2.75, 3.05) is 38.1 Å². The van der Waals surface area contributed by atoms with Gasteiger partial charge in [-0.25, -0.2) is 4.79 Å². The van der Waals surface area contributed by atoms with Crippen LogP contribution in [0.1, 0.15) is 27.5 Å². The normalized spacial score (nSPS) is 16.7. The number of aliphatic hydroxyl groups is 1. The summed E-state index contributed by atoms with van der Waals surface area (Å²) in [7, 11) is 6.57. The fraction of sp³-hybridized carbons (Fsp3) is 0.179. The first-order chi connectivity index (χ1) is 17.3. The molecular formula is C28H26N2O6. The highest BCUT2D eigenvalue weighted by molar-refractivity contribution is 6.51. The highest BCUT2D eigenvalue weighted by atomic mass is 16.5. The van der Waals surface area contributed by atoms with E-state index in [4.69, 9.17) is 9.47 Å². The van der Waals surface area contributed by atoms with E-state index in [0.717, 1.165) is 5.69 Å².